The fraction of sp³-hybridized carbons (Fsp3) is 0.0625. The van der Waals surface area contributed by atoms with Crippen LogP contribution in [-0.4, -0.2) is 22.4 Å². The summed E-state index contributed by atoms with van der Waals surface area (Å²) in [6, 6.07) is 12.5. The number of carbonyl (C=O) groups is 1. The van der Waals surface area contributed by atoms with Crippen molar-refractivity contribution in [1.29, 1.82) is 0 Å². The second kappa shape index (κ2) is 6.81. The lowest BCUT2D eigenvalue weighted by Gasteiger charge is -2.09. The number of fused-ring (bicyclic) bond motifs is 1. The first kappa shape index (κ1) is 15.5. The highest BCUT2D eigenvalue weighted by Crippen LogP contribution is 2.25. The van der Waals surface area contributed by atoms with Crippen LogP contribution >= 0.6 is 23.2 Å². The average molecular weight is 347 g/mol. The Morgan fingerprint density at radius 2 is 1.87 bits per heavy atom. The number of para-hydroxylation sites is 1. The third-order valence-electron chi connectivity index (χ3n) is 3.16. The van der Waals surface area contributed by atoms with Crippen LogP contribution < -0.4 is 10.6 Å². The molecule has 0 aliphatic carbocycles. The number of benzene rings is 2. The van der Waals surface area contributed by atoms with Gasteiger partial charge in [0.15, 0.2) is 0 Å². The van der Waals surface area contributed by atoms with Crippen molar-refractivity contribution in [2.45, 2.75) is 0 Å². The minimum absolute atomic E-state index is 0.0707. The zero-order chi connectivity index (χ0) is 16.2. The normalized spacial score (nSPS) is 10.5. The van der Waals surface area contributed by atoms with Gasteiger partial charge in [0.05, 0.1) is 22.1 Å². The second-order valence-electron chi connectivity index (χ2n) is 4.77. The van der Waals surface area contributed by atoms with E-state index in [0.717, 1.165) is 10.9 Å². The molecule has 0 aliphatic rings. The van der Waals surface area contributed by atoms with Crippen molar-refractivity contribution in [1.82, 2.24) is 9.97 Å². The van der Waals surface area contributed by atoms with E-state index in [1.807, 2.05) is 24.3 Å². The number of carbonyl (C=O) groups excluding carboxylic acids is 1. The molecule has 0 unspecified atom stereocenters. The fourth-order valence-electron chi connectivity index (χ4n) is 2.09. The van der Waals surface area contributed by atoms with E-state index in [4.69, 9.17) is 23.2 Å². The molecule has 0 saturated carbocycles. The predicted molar refractivity (Wildman–Crippen MR) is 93.1 cm³/mol. The van der Waals surface area contributed by atoms with E-state index in [1.54, 1.807) is 18.2 Å². The van der Waals surface area contributed by atoms with E-state index in [1.165, 1.54) is 6.33 Å². The minimum atomic E-state index is -0.217. The first-order chi connectivity index (χ1) is 11.1. The van der Waals surface area contributed by atoms with Crippen molar-refractivity contribution in [2.75, 3.05) is 17.2 Å². The Kier molecular flexibility index (Phi) is 4.60. The summed E-state index contributed by atoms with van der Waals surface area (Å²) in [5.74, 6) is 0.394. The van der Waals surface area contributed by atoms with Gasteiger partial charge in [-0.25, -0.2) is 9.97 Å². The standard InChI is InChI=1S/C16H12Cl2N4O/c17-12-6-5-10(7-13(12)18)22-15(23)8-19-16-11-3-1-2-4-14(11)20-9-21-16/h1-7,9H,8H2,(H,22,23)(H,19,20,21). The lowest BCUT2D eigenvalue weighted by atomic mass is 10.2. The summed E-state index contributed by atoms with van der Waals surface area (Å²) in [4.78, 5) is 20.4. The molecule has 0 bridgehead atoms. The maximum absolute atomic E-state index is 12.0. The number of anilines is 2. The highest BCUT2D eigenvalue weighted by molar-refractivity contribution is 6.42. The second-order valence-corrected chi connectivity index (χ2v) is 5.58. The summed E-state index contributed by atoms with van der Waals surface area (Å²) < 4.78 is 0. The Balaban J connectivity index is 1.67. The molecule has 0 radical (unpaired) electrons. The Morgan fingerprint density at radius 3 is 2.70 bits per heavy atom. The summed E-state index contributed by atoms with van der Waals surface area (Å²) in [7, 11) is 0. The van der Waals surface area contributed by atoms with Gasteiger partial charge < -0.3 is 10.6 Å². The molecule has 2 aromatic carbocycles. The third-order valence-corrected chi connectivity index (χ3v) is 3.90. The number of hydrogen-bond acceptors (Lipinski definition) is 4. The van der Waals surface area contributed by atoms with E-state index in [0.29, 0.717) is 21.6 Å². The van der Waals surface area contributed by atoms with Gasteiger partial charge in [-0.1, -0.05) is 35.3 Å². The molecule has 5 nitrogen and oxygen atoms in total. The van der Waals surface area contributed by atoms with Gasteiger partial charge in [0.25, 0.3) is 0 Å². The Morgan fingerprint density at radius 1 is 1.04 bits per heavy atom. The minimum Gasteiger partial charge on any atom is -0.360 e. The molecule has 0 spiro atoms. The molecular weight excluding hydrogens is 335 g/mol. The van der Waals surface area contributed by atoms with Crippen molar-refractivity contribution < 1.29 is 4.79 Å². The Bertz CT molecular complexity index is 864. The van der Waals surface area contributed by atoms with Gasteiger partial charge in [-0.15, -0.1) is 0 Å². The molecular formula is C16H12Cl2N4O. The highest BCUT2D eigenvalue weighted by atomic mass is 35.5. The summed E-state index contributed by atoms with van der Waals surface area (Å²) in [5.41, 5.74) is 1.40. The van der Waals surface area contributed by atoms with E-state index >= 15 is 0 Å². The van der Waals surface area contributed by atoms with Crippen molar-refractivity contribution in [3.05, 3.63) is 58.8 Å². The first-order valence-electron chi connectivity index (χ1n) is 6.82. The van der Waals surface area contributed by atoms with Gasteiger partial charge in [0, 0.05) is 11.1 Å². The van der Waals surface area contributed by atoms with E-state index in [2.05, 4.69) is 20.6 Å². The molecule has 1 amide bonds. The van der Waals surface area contributed by atoms with Crippen LogP contribution in [0, 0.1) is 0 Å². The van der Waals surface area contributed by atoms with Crippen LogP contribution in [-0.2, 0) is 4.79 Å². The average Bonchev–Trinajstić information content (AvgIpc) is 2.56. The monoisotopic (exact) mass is 346 g/mol. The van der Waals surface area contributed by atoms with Crippen LogP contribution in [0.4, 0.5) is 11.5 Å². The van der Waals surface area contributed by atoms with Crippen LogP contribution in [0.3, 0.4) is 0 Å². The maximum atomic E-state index is 12.0. The number of nitrogens with one attached hydrogen (secondary N) is 2. The molecule has 0 saturated heterocycles. The van der Waals surface area contributed by atoms with Crippen LogP contribution in [0.15, 0.2) is 48.8 Å². The fourth-order valence-corrected chi connectivity index (χ4v) is 2.39. The van der Waals surface area contributed by atoms with Gasteiger partial charge >= 0.3 is 0 Å². The lowest BCUT2D eigenvalue weighted by Crippen LogP contribution is -2.22. The molecule has 0 aliphatic heterocycles. The molecule has 0 fully saturated rings. The van der Waals surface area contributed by atoms with Gasteiger partial charge in [-0.2, -0.15) is 0 Å². The highest BCUT2D eigenvalue weighted by Gasteiger charge is 2.07. The van der Waals surface area contributed by atoms with Crippen molar-refractivity contribution >= 4 is 51.5 Å². The number of nitrogens with zero attached hydrogens (tertiary/aromatic N) is 2. The van der Waals surface area contributed by atoms with Gasteiger partial charge in [-0.3, -0.25) is 4.79 Å². The van der Waals surface area contributed by atoms with E-state index in [-0.39, 0.29) is 12.5 Å². The number of rotatable bonds is 4. The molecule has 2 N–H and O–H groups in total. The van der Waals surface area contributed by atoms with Gasteiger partial charge in [-0.05, 0) is 30.3 Å². The van der Waals surface area contributed by atoms with Gasteiger partial charge in [0.2, 0.25) is 5.91 Å². The Labute approximate surface area is 142 Å². The summed E-state index contributed by atoms with van der Waals surface area (Å²) in [5, 5.41) is 7.44. The van der Waals surface area contributed by atoms with Crippen LogP contribution in [0.25, 0.3) is 10.9 Å². The van der Waals surface area contributed by atoms with Crippen LogP contribution in [0.5, 0.6) is 0 Å². The first-order valence-corrected chi connectivity index (χ1v) is 7.57. The maximum Gasteiger partial charge on any atom is 0.243 e. The largest absolute Gasteiger partial charge is 0.360 e. The molecule has 7 heteroatoms. The van der Waals surface area contributed by atoms with Gasteiger partial charge in [0.1, 0.15) is 12.1 Å². The Hall–Kier alpha value is -2.37. The van der Waals surface area contributed by atoms with Crippen molar-refractivity contribution in [2.24, 2.45) is 0 Å². The summed E-state index contributed by atoms with van der Waals surface area (Å²) in [6.45, 7) is 0.0707. The number of halogens is 2. The lowest BCUT2D eigenvalue weighted by molar-refractivity contribution is -0.114. The SMILES string of the molecule is O=C(CNc1ncnc2ccccc12)Nc1ccc(Cl)c(Cl)c1. The van der Waals surface area contributed by atoms with E-state index < -0.39 is 0 Å². The number of amides is 1. The zero-order valence-electron chi connectivity index (χ0n) is 11.9. The molecule has 3 rings (SSSR count). The predicted octanol–water partition coefficient (Wildman–Crippen LogP) is 3.99. The zero-order valence-corrected chi connectivity index (χ0v) is 13.4. The molecule has 3 aromatic rings. The topological polar surface area (TPSA) is 66.9 Å². The number of aromatic nitrogens is 2. The molecule has 23 heavy (non-hydrogen) atoms. The smallest absolute Gasteiger partial charge is 0.243 e. The van der Waals surface area contributed by atoms with Crippen LogP contribution in [0.1, 0.15) is 0 Å². The molecule has 1 aromatic heterocycles. The molecule has 0 atom stereocenters. The number of hydrogen-bond donors (Lipinski definition) is 2. The molecule has 116 valence electrons. The van der Waals surface area contributed by atoms with Crippen molar-refractivity contribution in [3.8, 4) is 0 Å². The van der Waals surface area contributed by atoms with E-state index in [9.17, 15) is 4.79 Å². The van der Waals surface area contributed by atoms with Crippen molar-refractivity contribution in [3.63, 3.8) is 0 Å². The summed E-state index contributed by atoms with van der Waals surface area (Å²) in [6.07, 6.45) is 1.46. The third kappa shape index (κ3) is 3.70. The quantitative estimate of drug-likeness (QED) is 0.749. The molecule has 1 heterocycles. The summed E-state index contributed by atoms with van der Waals surface area (Å²) >= 11 is 11.8. The van der Waals surface area contributed by atoms with Crippen LogP contribution in [0.2, 0.25) is 10.0 Å².